The van der Waals surface area contributed by atoms with Crippen molar-refractivity contribution >= 4 is 53.3 Å². The average Bonchev–Trinajstić information content (AvgIpc) is 3.52. The fourth-order valence-corrected chi connectivity index (χ4v) is 6.98. The van der Waals surface area contributed by atoms with Gasteiger partial charge < -0.3 is 36.0 Å². The van der Waals surface area contributed by atoms with Crippen molar-refractivity contribution in [3.8, 4) is 0 Å². The van der Waals surface area contributed by atoms with Crippen LogP contribution in [0.1, 0.15) is 81.6 Å². The molecule has 0 aromatic heterocycles. The number of esters is 1. The first kappa shape index (κ1) is 43.6. The molecule has 2 fully saturated rings. The number of aryl methyl sites for hydroxylation is 1. The summed E-state index contributed by atoms with van der Waals surface area (Å²) in [5.41, 5.74) is 1.84. The van der Waals surface area contributed by atoms with E-state index < -0.39 is 90.6 Å². The Morgan fingerprint density at radius 2 is 1.60 bits per heavy atom. The van der Waals surface area contributed by atoms with E-state index in [0.29, 0.717) is 19.3 Å². The molecule has 2 aliphatic rings. The molecule has 1 saturated heterocycles. The maximum Gasteiger partial charge on any atom is 0.349 e. The number of carbonyl (C=O) groups excluding carboxylic acids is 8. The van der Waals surface area contributed by atoms with Gasteiger partial charge in [-0.25, -0.2) is 14.5 Å². The van der Waals surface area contributed by atoms with Gasteiger partial charge in [-0.15, -0.1) is 0 Å². The van der Waals surface area contributed by atoms with Crippen molar-refractivity contribution in [3.05, 3.63) is 71.3 Å². The second-order valence-electron chi connectivity index (χ2n) is 14.2. The minimum absolute atomic E-state index is 0.0247. The van der Waals surface area contributed by atoms with Crippen molar-refractivity contribution in [2.45, 2.75) is 96.5 Å². The van der Waals surface area contributed by atoms with Crippen LogP contribution >= 0.6 is 0 Å². The first-order valence-corrected chi connectivity index (χ1v) is 19.0. The van der Waals surface area contributed by atoms with Crippen LogP contribution in [0.4, 0.5) is 4.79 Å². The minimum atomic E-state index is -1.66. The molecule has 17 nitrogen and oxygen atoms in total. The first-order valence-electron chi connectivity index (χ1n) is 19.0. The van der Waals surface area contributed by atoms with Crippen molar-refractivity contribution in [2.75, 3.05) is 19.6 Å². The predicted octanol–water partition coefficient (Wildman–Crippen LogP) is 1.67. The fourth-order valence-electron chi connectivity index (χ4n) is 6.98. The zero-order chi connectivity index (χ0) is 41.6. The Bertz CT molecular complexity index is 1830. The summed E-state index contributed by atoms with van der Waals surface area (Å²) in [5, 5.41) is 19.3. The predicted molar refractivity (Wildman–Crippen MR) is 203 cm³/mol. The molecule has 5 N–H and O–H groups in total. The van der Waals surface area contributed by atoms with E-state index >= 15 is 0 Å². The lowest BCUT2D eigenvalue weighted by Crippen LogP contribution is -2.59. The quantitative estimate of drug-likeness (QED) is 0.108. The van der Waals surface area contributed by atoms with Crippen LogP contribution in [0.3, 0.4) is 0 Å². The van der Waals surface area contributed by atoms with Gasteiger partial charge in [0.15, 0.2) is 0 Å². The van der Waals surface area contributed by atoms with E-state index in [-0.39, 0.29) is 31.0 Å². The number of urea groups is 1. The Balaban J connectivity index is 1.54. The van der Waals surface area contributed by atoms with E-state index in [9.17, 15) is 48.3 Å². The molecule has 1 aliphatic heterocycles. The lowest BCUT2D eigenvalue weighted by Gasteiger charge is -2.33. The molecule has 7 amide bonds. The molecule has 4 atom stereocenters. The van der Waals surface area contributed by atoms with Crippen LogP contribution in [0.2, 0.25) is 0 Å². The standard InChI is InChI=1S/C40H50N6O11/c1-4-12-29(34(50)37(52)42-21-32(49)57-35(39(54)55)28-17-9-6-10-18-28)43-36(51)30-23-45(22-26-14-11-13-24(2)19-26)40(56)46(30)38(53)33(27-15-7-5-8-16-27)44-31(48)20-41-25(3)47/h6,9-11,13-14,17-19,27,29-30,33,35H,4-5,7-8,12,15-16,20-23H2,1-3H3,(H,41,47)(H,42,52)(H,43,51)(H,44,48)(H,54,55)/t29?,30?,33?,35-/m0/s1. The smallest absolute Gasteiger partial charge is 0.349 e. The first-order chi connectivity index (χ1) is 27.2. The molecule has 1 saturated carbocycles. The molecule has 57 heavy (non-hydrogen) atoms. The number of imide groups is 1. The minimum Gasteiger partial charge on any atom is -0.478 e. The summed E-state index contributed by atoms with van der Waals surface area (Å²) in [6.45, 7) is 3.34. The molecule has 0 radical (unpaired) electrons. The van der Waals surface area contributed by atoms with Crippen molar-refractivity contribution in [3.63, 3.8) is 0 Å². The largest absolute Gasteiger partial charge is 0.478 e. The number of nitrogens with zero attached hydrogens (tertiary/aromatic N) is 2. The van der Waals surface area contributed by atoms with Crippen LogP contribution in [0.15, 0.2) is 54.6 Å². The van der Waals surface area contributed by atoms with Gasteiger partial charge in [0.25, 0.3) is 11.8 Å². The highest BCUT2D eigenvalue weighted by molar-refractivity contribution is 6.38. The number of ketones is 1. The zero-order valence-corrected chi connectivity index (χ0v) is 32.3. The van der Waals surface area contributed by atoms with E-state index in [1.165, 1.54) is 24.0 Å². The van der Waals surface area contributed by atoms with Crippen LogP contribution < -0.4 is 21.3 Å². The van der Waals surface area contributed by atoms with E-state index in [1.807, 2.05) is 25.1 Å². The van der Waals surface area contributed by atoms with Crippen LogP contribution in [-0.2, 0) is 49.6 Å². The number of amides is 7. The molecule has 17 heteroatoms. The number of hydrogen-bond donors (Lipinski definition) is 5. The number of benzene rings is 2. The highest BCUT2D eigenvalue weighted by atomic mass is 16.6. The number of hydrogen-bond acceptors (Lipinski definition) is 10. The summed E-state index contributed by atoms with van der Waals surface area (Å²) in [7, 11) is 0. The summed E-state index contributed by atoms with van der Waals surface area (Å²) in [4.78, 5) is 120. The summed E-state index contributed by atoms with van der Waals surface area (Å²) in [5.74, 6) is -8.15. The van der Waals surface area contributed by atoms with Crippen molar-refractivity contribution < 1.29 is 53.0 Å². The van der Waals surface area contributed by atoms with E-state index in [4.69, 9.17) is 4.74 Å². The molecule has 0 spiro atoms. The van der Waals surface area contributed by atoms with Gasteiger partial charge in [-0.2, -0.15) is 0 Å². The second-order valence-corrected chi connectivity index (χ2v) is 14.2. The molecule has 1 aliphatic carbocycles. The van der Waals surface area contributed by atoms with Gasteiger partial charge in [0, 0.05) is 19.0 Å². The van der Waals surface area contributed by atoms with Gasteiger partial charge in [0.05, 0.1) is 19.1 Å². The van der Waals surface area contributed by atoms with Crippen molar-refractivity contribution in [1.82, 2.24) is 31.1 Å². The number of carboxylic acids is 1. The van der Waals surface area contributed by atoms with Crippen LogP contribution in [0, 0.1) is 12.8 Å². The average molecular weight is 791 g/mol. The number of carbonyl (C=O) groups is 9. The third-order valence-corrected chi connectivity index (χ3v) is 9.78. The normalized spacial score (nSPS) is 17.1. The monoisotopic (exact) mass is 790 g/mol. The van der Waals surface area contributed by atoms with Gasteiger partial charge in [0.2, 0.25) is 29.6 Å². The van der Waals surface area contributed by atoms with Gasteiger partial charge >= 0.3 is 18.0 Å². The molecule has 2 aromatic rings. The zero-order valence-electron chi connectivity index (χ0n) is 32.3. The third kappa shape index (κ3) is 12.2. The Labute approximate surface area is 330 Å². The van der Waals surface area contributed by atoms with Gasteiger partial charge in [-0.05, 0) is 37.7 Å². The van der Waals surface area contributed by atoms with E-state index in [0.717, 1.165) is 35.3 Å². The number of carboxylic acid groups (broad SMARTS) is 1. The maximum absolute atomic E-state index is 14.5. The second kappa shape index (κ2) is 20.7. The summed E-state index contributed by atoms with van der Waals surface area (Å²) < 4.78 is 5.03. The number of aliphatic carboxylic acids is 1. The van der Waals surface area contributed by atoms with Crippen LogP contribution in [0.5, 0.6) is 0 Å². The van der Waals surface area contributed by atoms with E-state index in [2.05, 4.69) is 21.3 Å². The number of Topliss-reactive ketones (excluding diaryl/α,β-unsaturated/α-hetero) is 1. The molecule has 0 bridgehead atoms. The van der Waals surface area contributed by atoms with Crippen LogP contribution in [-0.4, -0.2) is 106 Å². The molecular formula is C40H50N6O11. The Hall–Kier alpha value is -6.13. The number of ether oxygens (including phenoxy) is 1. The Morgan fingerprint density at radius 3 is 2.23 bits per heavy atom. The third-order valence-electron chi connectivity index (χ3n) is 9.78. The Morgan fingerprint density at radius 1 is 0.895 bits per heavy atom. The fraction of sp³-hybridized carbons (Fsp3) is 0.475. The van der Waals surface area contributed by atoms with Gasteiger partial charge in [-0.1, -0.05) is 92.8 Å². The molecule has 4 rings (SSSR count). The molecule has 1 heterocycles. The lowest BCUT2D eigenvalue weighted by atomic mass is 9.83. The molecular weight excluding hydrogens is 740 g/mol. The van der Waals surface area contributed by atoms with Gasteiger partial charge in [-0.3, -0.25) is 33.6 Å². The van der Waals surface area contributed by atoms with Crippen molar-refractivity contribution in [2.24, 2.45) is 5.92 Å². The van der Waals surface area contributed by atoms with Gasteiger partial charge in [0.1, 0.15) is 18.6 Å². The number of rotatable bonds is 18. The Kier molecular flexibility index (Phi) is 15.8. The lowest BCUT2D eigenvalue weighted by molar-refractivity contribution is -0.164. The van der Waals surface area contributed by atoms with Crippen molar-refractivity contribution in [1.29, 1.82) is 0 Å². The molecule has 306 valence electrons. The topological polar surface area (TPSA) is 238 Å². The maximum atomic E-state index is 14.5. The number of nitrogens with one attached hydrogen (secondary N) is 4. The molecule has 3 unspecified atom stereocenters. The highest BCUT2D eigenvalue weighted by Gasteiger charge is 2.49. The summed E-state index contributed by atoms with van der Waals surface area (Å²) in [6, 6.07) is 10.1. The van der Waals surface area contributed by atoms with E-state index in [1.54, 1.807) is 31.2 Å². The highest BCUT2D eigenvalue weighted by Crippen LogP contribution is 2.30. The molecule has 2 aromatic carbocycles. The summed E-state index contributed by atoms with van der Waals surface area (Å²) in [6.07, 6.45) is 2.26. The summed E-state index contributed by atoms with van der Waals surface area (Å²) >= 11 is 0. The SMILES string of the molecule is CCCC(NC(=O)C1CN(Cc2cccc(C)c2)C(=O)N1C(=O)C(NC(=O)CNC(C)=O)C1CCCCC1)C(=O)C(=O)NCC(=O)O[C@H](C(=O)O)c1ccccc1. The van der Waals surface area contributed by atoms with Crippen LogP contribution in [0.25, 0.3) is 0 Å².